The zero-order valence-electron chi connectivity index (χ0n) is 16.7. The molecule has 0 aliphatic heterocycles. The van der Waals surface area contributed by atoms with Gasteiger partial charge in [0.15, 0.2) is 0 Å². The van der Waals surface area contributed by atoms with Crippen LogP contribution in [0.4, 0.5) is 0 Å². The highest BCUT2D eigenvalue weighted by molar-refractivity contribution is 7.06. The molecule has 2 aromatic carbocycles. The first-order chi connectivity index (χ1) is 11.7. The van der Waals surface area contributed by atoms with Crippen LogP contribution in [0.3, 0.4) is 0 Å². The summed E-state index contributed by atoms with van der Waals surface area (Å²) in [6, 6.07) is 14.3. The van der Waals surface area contributed by atoms with Gasteiger partial charge >= 0.3 is 0 Å². The Morgan fingerprint density at radius 2 is 1.04 bits per heavy atom. The number of hydrogen-bond acceptors (Lipinski definition) is 0. The number of hydrogen-bond donors (Lipinski definition) is 0. The van der Waals surface area contributed by atoms with Crippen molar-refractivity contribution < 1.29 is 0 Å². The van der Waals surface area contributed by atoms with Crippen molar-refractivity contribution in [1.82, 2.24) is 0 Å². The van der Waals surface area contributed by atoms with E-state index in [0.717, 1.165) is 6.42 Å². The number of aryl methyl sites for hydroxylation is 4. The quantitative estimate of drug-likeness (QED) is 0.660. The van der Waals surface area contributed by atoms with Gasteiger partial charge in [-0.3, -0.25) is 0 Å². The van der Waals surface area contributed by atoms with Crippen LogP contribution in [0.15, 0.2) is 58.8 Å². The first-order valence-corrected chi connectivity index (χ1v) is 11.8. The van der Waals surface area contributed by atoms with Crippen LogP contribution in [0.1, 0.15) is 42.5 Å². The number of allylic oxidation sites excluding steroid dienone is 4. The second-order valence-corrected chi connectivity index (χ2v) is 12.1. The lowest BCUT2D eigenvalue weighted by molar-refractivity contribution is 1.32. The molecule has 1 aliphatic carbocycles. The van der Waals surface area contributed by atoms with Gasteiger partial charge in [0.2, 0.25) is 0 Å². The molecule has 0 radical (unpaired) electrons. The SMILES string of the molecule is CC1=CCC([Si](C)(c2cc(C)cc(C)c2)c2cc(C)cc(C)c2)=C1C. The average Bonchev–Trinajstić information content (AvgIpc) is 2.84. The third-order valence-corrected chi connectivity index (χ3v) is 10.5. The smallest absolute Gasteiger partial charge is 0.0776 e. The summed E-state index contributed by atoms with van der Waals surface area (Å²) in [5, 5.41) is 4.78. The van der Waals surface area contributed by atoms with Crippen molar-refractivity contribution in [2.24, 2.45) is 0 Å². The first-order valence-electron chi connectivity index (χ1n) is 9.26. The molecule has 0 saturated heterocycles. The third-order valence-electron chi connectivity index (χ3n) is 5.86. The van der Waals surface area contributed by atoms with Gasteiger partial charge in [0.1, 0.15) is 8.07 Å². The van der Waals surface area contributed by atoms with Crippen LogP contribution >= 0.6 is 0 Å². The molecule has 0 aromatic heterocycles. The fraction of sp³-hybridized carbons (Fsp3) is 0.333. The molecule has 3 rings (SSSR count). The Morgan fingerprint density at radius 1 is 0.640 bits per heavy atom. The van der Waals surface area contributed by atoms with Gasteiger partial charge in [-0.1, -0.05) is 87.6 Å². The molecular weight excluding hydrogens is 316 g/mol. The second-order valence-electron chi connectivity index (χ2n) is 8.07. The number of benzene rings is 2. The lowest BCUT2D eigenvalue weighted by Gasteiger charge is -2.33. The van der Waals surface area contributed by atoms with Gasteiger partial charge in [0.25, 0.3) is 0 Å². The molecule has 0 spiro atoms. The Labute approximate surface area is 154 Å². The molecule has 0 heterocycles. The van der Waals surface area contributed by atoms with Gasteiger partial charge in [0, 0.05) is 0 Å². The Bertz CT molecular complexity index is 804. The predicted octanol–water partition coefficient (Wildman–Crippen LogP) is 5.32. The summed E-state index contributed by atoms with van der Waals surface area (Å²) >= 11 is 0. The van der Waals surface area contributed by atoms with Gasteiger partial charge in [-0.25, -0.2) is 0 Å². The summed E-state index contributed by atoms with van der Waals surface area (Å²) < 4.78 is 0. The van der Waals surface area contributed by atoms with E-state index in [1.54, 1.807) is 15.6 Å². The zero-order chi connectivity index (χ0) is 18.4. The summed E-state index contributed by atoms with van der Waals surface area (Å²) in [5.41, 5.74) is 8.48. The van der Waals surface area contributed by atoms with E-state index in [9.17, 15) is 0 Å². The zero-order valence-corrected chi connectivity index (χ0v) is 17.7. The van der Waals surface area contributed by atoms with E-state index in [1.165, 1.54) is 33.4 Å². The normalized spacial score (nSPS) is 14.9. The third kappa shape index (κ3) is 3.18. The van der Waals surface area contributed by atoms with Crippen LogP contribution in [0.5, 0.6) is 0 Å². The molecule has 0 bridgehead atoms. The van der Waals surface area contributed by atoms with Crippen LogP contribution in [0, 0.1) is 27.7 Å². The van der Waals surface area contributed by atoms with E-state index in [0.29, 0.717) is 0 Å². The van der Waals surface area contributed by atoms with Crippen molar-refractivity contribution in [3.05, 3.63) is 81.1 Å². The molecule has 0 unspecified atom stereocenters. The molecule has 0 atom stereocenters. The maximum absolute atomic E-state index is 2.56. The van der Waals surface area contributed by atoms with E-state index in [4.69, 9.17) is 0 Å². The molecule has 1 aliphatic rings. The molecule has 25 heavy (non-hydrogen) atoms. The summed E-state index contributed by atoms with van der Waals surface area (Å²) in [4.78, 5) is 0. The van der Waals surface area contributed by atoms with Crippen molar-refractivity contribution in [3.63, 3.8) is 0 Å². The predicted molar refractivity (Wildman–Crippen MR) is 114 cm³/mol. The minimum absolute atomic E-state index is 1.11. The monoisotopic (exact) mass is 346 g/mol. The maximum atomic E-state index is 2.56. The molecular formula is C24H30Si. The van der Waals surface area contributed by atoms with Crippen LogP contribution in [0.25, 0.3) is 0 Å². The van der Waals surface area contributed by atoms with Crippen molar-refractivity contribution in [2.45, 2.75) is 54.5 Å². The van der Waals surface area contributed by atoms with E-state index in [2.05, 4.69) is 90.6 Å². The number of rotatable bonds is 3. The molecule has 1 heteroatoms. The van der Waals surface area contributed by atoms with Crippen molar-refractivity contribution >= 4 is 18.4 Å². The summed E-state index contributed by atoms with van der Waals surface area (Å²) in [6.45, 7) is 16.1. The van der Waals surface area contributed by atoms with E-state index < -0.39 is 8.07 Å². The van der Waals surface area contributed by atoms with E-state index in [-0.39, 0.29) is 0 Å². The van der Waals surface area contributed by atoms with Crippen LogP contribution < -0.4 is 10.4 Å². The Balaban J connectivity index is 2.32. The lowest BCUT2D eigenvalue weighted by atomic mass is 10.1. The first kappa shape index (κ1) is 17.9. The molecule has 0 saturated carbocycles. The minimum Gasteiger partial charge on any atom is -0.0776 e. The molecule has 0 nitrogen and oxygen atoms in total. The van der Waals surface area contributed by atoms with Crippen LogP contribution in [-0.4, -0.2) is 8.07 Å². The Hall–Kier alpha value is -1.86. The van der Waals surface area contributed by atoms with Crippen LogP contribution in [0.2, 0.25) is 6.55 Å². The molecule has 0 fully saturated rings. The summed E-state index contributed by atoms with van der Waals surface area (Å²) in [7, 11) is -1.97. The minimum atomic E-state index is -1.97. The lowest BCUT2D eigenvalue weighted by Crippen LogP contribution is -2.58. The Kier molecular flexibility index (Phi) is 4.63. The maximum Gasteiger partial charge on any atom is 0.142 e. The summed E-state index contributed by atoms with van der Waals surface area (Å²) in [5.74, 6) is 0. The molecule has 130 valence electrons. The van der Waals surface area contributed by atoms with E-state index >= 15 is 0 Å². The fourth-order valence-electron chi connectivity index (χ4n) is 4.42. The van der Waals surface area contributed by atoms with Crippen molar-refractivity contribution in [2.75, 3.05) is 0 Å². The molecule has 2 aromatic rings. The van der Waals surface area contributed by atoms with Crippen LogP contribution in [-0.2, 0) is 0 Å². The second kappa shape index (κ2) is 6.46. The highest BCUT2D eigenvalue weighted by atomic mass is 28.3. The van der Waals surface area contributed by atoms with Gasteiger partial charge in [-0.15, -0.1) is 0 Å². The van der Waals surface area contributed by atoms with Crippen molar-refractivity contribution in [3.8, 4) is 0 Å². The summed E-state index contributed by atoms with van der Waals surface area (Å²) in [6.07, 6.45) is 3.53. The topological polar surface area (TPSA) is 0 Å². The standard InChI is InChI=1S/C24H30Si/c1-16-10-17(2)13-22(12-16)25(7,24-9-8-20(5)21(24)6)23-14-18(3)11-19(4)15-23/h8,10-15H,9H2,1-7H3. The highest BCUT2D eigenvalue weighted by Crippen LogP contribution is 2.33. The van der Waals surface area contributed by atoms with Crippen molar-refractivity contribution in [1.29, 1.82) is 0 Å². The average molecular weight is 347 g/mol. The molecule has 0 amide bonds. The van der Waals surface area contributed by atoms with E-state index in [1.807, 2.05) is 0 Å². The largest absolute Gasteiger partial charge is 0.142 e. The molecule has 0 N–H and O–H groups in total. The van der Waals surface area contributed by atoms with Gasteiger partial charge in [0.05, 0.1) is 0 Å². The fourth-order valence-corrected chi connectivity index (χ4v) is 8.97. The Morgan fingerprint density at radius 3 is 1.36 bits per heavy atom. The van der Waals surface area contributed by atoms with Gasteiger partial charge in [-0.2, -0.15) is 0 Å². The van der Waals surface area contributed by atoms with Gasteiger partial charge in [-0.05, 0) is 58.3 Å². The highest BCUT2D eigenvalue weighted by Gasteiger charge is 2.38. The van der Waals surface area contributed by atoms with Gasteiger partial charge < -0.3 is 0 Å².